The normalized spacial score (nSPS) is 10.4. The Morgan fingerprint density at radius 1 is 0.867 bits per heavy atom. The molecule has 0 saturated heterocycles. The van der Waals surface area contributed by atoms with Gasteiger partial charge in [0.2, 0.25) is 0 Å². The van der Waals surface area contributed by atoms with Gasteiger partial charge in [-0.05, 0) is 42.0 Å². The number of imidazole rings is 1. The molecule has 1 amide bonds. The average molecular weight is 399 g/mol. The molecule has 6 heteroatoms. The third kappa shape index (κ3) is 5.05. The highest BCUT2D eigenvalue weighted by Gasteiger charge is 2.09. The van der Waals surface area contributed by atoms with Crippen LogP contribution in [0.25, 0.3) is 5.69 Å². The highest BCUT2D eigenvalue weighted by molar-refractivity contribution is 5.93. The zero-order valence-electron chi connectivity index (χ0n) is 16.3. The molecule has 4 aromatic rings. The summed E-state index contributed by atoms with van der Waals surface area (Å²) in [6, 6.07) is 24.7. The van der Waals surface area contributed by atoms with Crippen molar-refractivity contribution in [1.82, 2.24) is 9.55 Å². The van der Waals surface area contributed by atoms with Crippen LogP contribution in [0.4, 0.5) is 5.69 Å². The third-order valence-electron chi connectivity index (χ3n) is 4.40. The number of hydrogen-bond acceptors (Lipinski definition) is 4. The van der Waals surface area contributed by atoms with Gasteiger partial charge in [0.1, 0.15) is 18.1 Å². The predicted molar refractivity (Wildman–Crippen MR) is 115 cm³/mol. The molecule has 6 nitrogen and oxygen atoms in total. The molecule has 1 aromatic heterocycles. The van der Waals surface area contributed by atoms with Gasteiger partial charge in [-0.1, -0.05) is 42.5 Å². The monoisotopic (exact) mass is 399 g/mol. The lowest BCUT2D eigenvalue weighted by Gasteiger charge is -2.12. The summed E-state index contributed by atoms with van der Waals surface area (Å²) in [4.78, 5) is 16.4. The van der Waals surface area contributed by atoms with Crippen molar-refractivity contribution < 1.29 is 14.3 Å². The fraction of sp³-hybridized carbons (Fsp3) is 0.0833. The molecule has 0 unspecified atom stereocenters. The summed E-state index contributed by atoms with van der Waals surface area (Å²) in [6.45, 7) is 0.405. The van der Waals surface area contributed by atoms with Crippen LogP contribution in [-0.2, 0) is 11.4 Å². The van der Waals surface area contributed by atoms with Crippen molar-refractivity contribution in [1.29, 1.82) is 0 Å². The number of hydrogen-bond donors (Lipinski definition) is 1. The van der Waals surface area contributed by atoms with Crippen molar-refractivity contribution in [2.75, 3.05) is 11.9 Å². The van der Waals surface area contributed by atoms with Crippen molar-refractivity contribution in [3.63, 3.8) is 0 Å². The van der Waals surface area contributed by atoms with Crippen LogP contribution in [0.3, 0.4) is 0 Å². The first-order chi connectivity index (χ1) is 14.8. The van der Waals surface area contributed by atoms with E-state index in [0.29, 0.717) is 18.0 Å². The first kappa shape index (κ1) is 19.3. The first-order valence-electron chi connectivity index (χ1n) is 9.55. The van der Waals surface area contributed by atoms with E-state index in [0.717, 1.165) is 17.0 Å². The van der Waals surface area contributed by atoms with Crippen LogP contribution in [0.15, 0.2) is 97.6 Å². The molecule has 3 aromatic carbocycles. The van der Waals surface area contributed by atoms with E-state index in [9.17, 15) is 4.79 Å². The lowest BCUT2D eigenvalue weighted by molar-refractivity contribution is -0.118. The second-order valence-corrected chi connectivity index (χ2v) is 6.57. The summed E-state index contributed by atoms with van der Waals surface area (Å²) in [5.41, 5.74) is 2.63. The number of ether oxygens (including phenoxy) is 2. The predicted octanol–water partition coefficient (Wildman–Crippen LogP) is 4.47. The van der Waals surface area contributed by atoms with E-state index >= 15 is 0 Å². The second kappa shape index (κ2) is 9.43. The molecule has 4 rings (SSSR count). The highest BCUT2D eigenvalue weighted by atomic mass is 16.5. The van der Waals surface area contributed by atoms with E-state index < -0.39 is 0 Å². The minimum atomic E-state index is -0.244. The summed E-state index contributed by atoms with van der Waals surface area (Å²) in [5.74, 6) is 1.09. The van der Waals surface area contributed by atoms with Crippen LogP contribution >= 0.6 is 0 Å². The second-order valence-electron chi connectivity index (χ2n) is 6.57. The number of para-hydroxylation sites is 2. The first-order valence-corrected chi connectivity index (χ1v) is 9.55. The van der Waals surface area contributed by atoms with Crippen molar-refractivity contribution in [3.8, 4) is 17.2 Å². The standard InChI is InChI=1S/C24H21N3O3/c28-24(26-22-8-4-5-9-23(22)27-15-14-25-18-27)17-30-21-12-10-20(11-13-21)29-16-19-6-2-1-3-7-19/h1-15,18H,16-17H2,(H,26,28). The van der Waals surface area contributed by atoms with Gasteiger partial charge in [-0.15, -0.1) is 0 Å². The molecule has 0 aliphatic carbocycles. The Morgan fingerprint density at radius 3 is 2.30 bits per heavy atom. The number of nitrogens with zero attached hydrogens (tertiary/aromatic N) is 2. The zero-order valence-corrected chi connectivity index (χ0v) is 16.3. The number of anilines is 1. The summed E-state index contributed by atoms with van der Waals surface area (Å²) >= 11 is 0. The Balaban J connectivity index is 1.29. The molecule has 0 saturated carbocycles. The largest absolute Gasteiger partial charge is 0.489 e. The maximum Gasteiger partial charge on any atom is 0.262 e. The molecular weight excluding hydrogens is 378 g/mol. The van der Waals surface area contributed by atoms with E-state index in [1.165, 1.54) is 0 Å². The van der Waals surface area contributed by atoms with E-state index in [-0.39, 0.29) is 12.5 Å². The average Bonchev–Trinajstić information content (AvgIpc) is 3.33. The van der Waals surface area contributed by atoms with Gasteiger partial charge < -0.3 is 19.4 Å². The van der Waals surface area contributed by atoms with Crippen molar-refractivity contribution in [3.05, 3.63) is 103 Å². The van der Waals surface area contributed by atoms with Crippen LogP contribution in [0.1, 0.15) is 5.56 Å². The number of aromatic nitrogens is 2. The molecule has 0 fully saturated rings. The fourth-order valence-electron chi connectivity index (χ4n) is 2.91. The number of amides is 1. The molecule has 1 heterocycles. The summed E-state index contributed by atoms with van der Waals surface area (Å²) in [7, 11) is 0. The lowest BCUT2D eigenvalue weighted by atomic mass is 10.2. The van der Waals surface area contributed by atoms with Gasteiger partial charge in [-0.25, -0.2) is 4.98 Å². The summed E-state index contributed by atoms with van der Waals surface area (Å²) in [6.07, 6.45) is 5.20. The number of carbonyl (C=O) groups is 1. The van der Waals surface area contributed by atoms with Crippen molar-refractivity contribution in [2.24, 2.45) is 0 Å². The van der Waals surface area contributed by atoms with Crippen LogP contribution in [0.5, 0.6) is 11.5 Å². The smallest absolute Gasteiger partial charge is 0.262 e. The molecule has 30 heavy (non-hydrogen) atoms. The number of carbonyl (C=O) groups excluding carboxylic acids is 1. The zero-order chi connectivity index (χ0) is 20.6. The third-order valence-corrected chi connectivity index (χ3v) is 4.40. The van der Waals surface area contributed by atoms with E-state index in [1.54, 1.807) is 24.7 Å². The topological polar surface area (TPSA) is 65.4 Å². The molecule has 150 valence electrons. The molecular formula is C24H21N3O3. The number of rotatable bonds is 8. The fourth-order valence-corrected chi connectivity index (χ4v) is 2.91. The van der Waals surface area contributed by atoms with Gasteiger partial charge in [0, 0.05) is 12.4 Å². The van der Waals surface area contributed by atoms with Crippen LogP contribution in [-0.4, -0.2) is 22.1 Å². The number of nitrogens with one attached hydrogen (secondary N) is 1. The SMILES string of the molecule is O=C(COc1ccc(OCc2ccccc2)cc1)Nc1ccccc1-n1ccnc1. The molecule has 0 aliphatic heterocycles. The van der Waals surface area contributed by atoms with Crippen molar-refractivity contribution >= 4 is 11.6 Å². The van der Waals surface area contributed by atoms with E-state index in [1.807, 2.05) is 77.5 Å². The quantitative estimate of drug-likeness (QED) is 0.475. The molecule has 1 N–H and O–H groups in total. The highest BCUT2D eigenvalue weighted by Crippen LogP contribution is 2.21. The Labute approximate surface area is 174 Å². The Morgan fingerprint density at radius 2 is 1.57 bits per heavy atom. The lowest BCUT2D eigenvalue weighted by Crippen LogP contribution is -2.21. The van der Waals surface area contributed by atoms with Crippen LogP contribution in [0.2, 0.25) is 0 Å². The van der Waals surface area contributed by atoms with Gasteiger partial charge in [0.25, 0.3) is 5.91 Å². The van der Waals surface area contributed by atoms with Crippen molar-refractivity contribution in [2.45, 2.75) is 6.61 Å². The molecule has 0 radical (unpaired) electrons. The maximum atomic E-state index is 12.3. The molecule has 0 aliphatic rings. The molecule has 0 bridgehead atoms. The minimum Gasteiger partial charge on any atom is -0.489 e. The Bertz CT molecular complexity index is 1080. The van der Waals surface area contributed by atoms with Gasteiger partial charge in [0.05, 0.1) is 17.7 Å². The van der Waals surface area contributed by atoms with Crippen LogP contribution in [0, 0.1) is 0 Å². The van der Waals surface area contributed by atoms with E-state index in [4.69, 9.17) is 9.47 Å². The van der Waals surface area contributed by atoms with E-state index in [2.05, 4.69) is 10.3 Å². The summed E-state index contributed by atoms with van der Waals surface area (Å²) < 4.78 is 13.2. The number of benzene rings is 3. The summed E-state index contributed by atoms with van der Waals surface area (Å²) in [5, 5.41) is 2.88. The van der Waals surface area contributed by atoms with Gasteiger partial charge in [-0.3, -0.25) is 4.79 Å². The molecule has 0 atom stereocenters. The van der Waals surface area contributed by atoms with Gasteiger partial charge in [0.15, 0.2) is 6.61 Å². The molecule has 0 spiro atoms. The Hall–Kier alpha value is -4.06. The maximum absolute atomic E-state index is 12.3. The Kier molecular flexibility index (Phi) is 6.05. The minimum absolute atomic E-state index is 0.0948. The van der Waals surface area contributed by atoms with Gasteiger partial charge in [-0.2, -0.15) is 0 Å². The van der Waals surface area contributed by atoms with Gasteiger partial charge >= 0.3 is 0 Å². The van der Waals surface area contributed by atoms with Crippen LogP contribution < -0.4 is 14.8 Å².